The second-order valence-corrected chi connectivity index (χ2v) is 5.93. The third-order valence-electron chi connectivity index (χ3n) is 2.76. The number of H-pyrrole nitrogens is 1. The van der Waals surface area contributed by atoms with Gasteiger partial charge in [-0.05, 0) is 17.7 Å². The lowest BCUT2D eigenvalue weighted by Gasteiger charge is -2.08. The van der Waals surface area contributed by atoms with Crippen LogP contribution in [0.25, 0.3) is 0 Å². The molecule has 20 heavy (non-hydrogen) atoms. The van der Waals surface area contributed by atoms with E-state index in [1.54, 1.807) is 6.20 Å². The van der Waals surface area contributed by atoms with Crippen LogP contribution in [0.4, 0.5) is 4.39 Å². The molecule has 1 aromatic heterocycles. The maximum atomic E-state index is 13.6. The lowest BCUT2D eigenvalue weighted by molar-refractivity contribution is 0.556. The van der Waals surface area contributed by atoms with Crippen LogP contribution in [0.2, 0.25) is 0 Å². The van der Waals surface area contributed by atoms with Crippen molar-refractivity contribution in [3.63, 3.8) is 0 Å². The Hall–Kier alpha value is -1.77. The molecule has 0 bridgehead atoms. The molecule has 6 nitrogen and oxygen atoms in total. The number of hydrogen-bond acceptors (Lipinski definition) is 4. The molecule has 0 saturated heterocycles. The van der Waals surface area contributed by atoms with Gasteiger partial charge in [0.25, 0.3) is 0 Å². The summed E-state index contributed by atoms with van der Waals surface area (Å²) in [6.07, 6.45) is 3.55. The quantitative estimate of drug-likeness (QED) is 0.724. The molecule has 0 fully saturated rings. The first-order valence-corrected chi connectivity index (χ1v) is 7.46. The van der Waals surface area contributed by atoms with Crippen LogP contribution in [-0.4, -0.2) is 24.9 Å². The largest absolute Gasteiger partial charge is 0.348 e. The maximum Gasteiger partial charge on any atom is 0.243 e. The highest BCUT2D eigenvalue weighted by Gasteiger charge is 2.19. The van der Waals surface area contributed by atoms with E-state index in [1.807, 2.05) is 0 Å². The molecule has 2 aromatic rings. The molecule has 0 atom stereocenters. The van der Waals surface area contributed by atoms with Gasteiger partial charge in [-0.15, -0.1) is 0 Å². The second-order valence-electron chi connectivity index (χ2n) is 4.19. The van der Waals surface area contributed by atoms with E-state index in [9.17, 15) is 12.8 Å². The number of sulfonamides is 1. The first-order chi connectivity index (χ1) is 9.53. The second kappa shape index (κ2) is 6.12. The predicted molar refractivity (Wildman–Crippen MR) is 71.8 cm³/mol. The summed E-state index contributed by atoms with van der Waals surface area (Å²) in [4.78, 5) is 6.30. The minimum atomic E-state index is -3.89. The molecule has 1 heterocycles. The van der Waals surface area contributed by atoms with Gasteiger partial charge >= 0.3 is 0 Å². The Balaban J connectivity index is 2.09. The summed E-state index contributed by atoms with van der Waals surface area (Å²) < 4.78 is 40.0. The molecule has 4 N–H and O–H groups in total. The van der Waals surface area contributed by atoms with Crippen LogP contribution in [0.5, 0.6) is 0 Å². The molecule has 0 spiro atoms. The lowest BCUT2D eigenvalue weighted by atomic mass is 10.2. The fraction of sp³-hybridized carbons (Fsp3) is 0.250. The van der Waals surface area contributed by atoms with Gasteiger partial charge in [0, 0.05) is 31.4 Å². The summed E-state index contributed by atoms with van der Waals surface area (Å²) in [5.41, 5.74) is 6.78. The normalized spacial score (nSPS) is 11.7. The van der Waals surface area contributed by atoms with Crippen molar-refractivity contribution in [1.82, 2.24) is 14.7 Å². The number of imidazole rings is 1. The smallest absolute Gasteiger partial charge is 0.243 e. The van der Waals surface area contributed by atoms with E-state index in [4.69, 9.17) is 5.73 Å². The van der Waals surface area contributed by atoms with E-state index < -0.39 is 15.8 Å². The van der Waals surface area contributed by atoms with Crippen molar-refractivity contribution in [1.29, 1.82) is 0 Å². The Labute approximate surface area is 116 Å². The zero-order valence-electron chi connectivity index (χ0n) is 10.6. The van der Waals surface area contributed by atoms with Crippen molar-refractivity contribution >= 4 is 10.0 Å². The molecule has 1 aromatic carbocycles. The molecule has 0 unspecified atom stereocenters. The SMILES string of the molecule is NCc1ccc(F)c(S(=O)(=O)NCCc2cnc[nH]2)c1. The van der Waals surface area contributed by atoms with E-state index in [0.29, 0.717) is 12.0 Å². The Morgan fingerprint density at radius 2 is 2.20 bits per heavy atom. The van der Waals surface area contributed by atoms with Crippen molar-refractivity contribution in [3.8, 4) is 0 Å². The van der Waals surface area contributed by atoms with Crippen LogP contribution < -0.4 is 10.5 Å². The third-order valence-corrected chi connectivity index (χ3v) is 4.24. The van der Waals surface area contributed by atoms with Crippen molar-refractivity contribution in [2.24, 2.45) is 5.73 Å². The summed E-state index contributed by atoms with van der Waals surface area (Å²) >= 11 is 0. The first-order valence-electron chi connectivity index (χ1n) is 5.98. The van der Waals surface area contributed by atoms with E-state index in [1.165, 1.54) is 18.5 Å². The fourth-order valence-corrected chi connectivity index (χ4v) is 2.86. The number of nitrogens with two attached hydrogens (primary N) is 1. The van der Waals surface area contributed by atoms with Crippen LogP contribution >= 0.6 is 0 Å². The number of nitrogens with one attached hydrogen (secondary N) is 2. The predicted octanol–water partition coefficient (Wildman–Crippen LogP) is 0.528. The number of aromatic amines is 1. The molecule has 8 heteroatoms. The number of nitrogens with zero attached hydrogens (tertiary/aromatic N) is 1. The van der Waals surface area contributed by atoms with E-state index in [-0.39, 0.29) is 18.0 Å². The number of benzene rings is 1. The lowest BCUT2D eigenvalue weighted by Crippen LogP contribution is -2.27. The van der Waals surface area contributed by atoms with Crippen LogP contribution in [-0.2, 0) is 23.0 Å². The standard InChI is InChI=1S/C12H15FN4O2S/c13-11-2-1-9(6-14)5-12(11)20(18,19)17-4-3-10-7-15-8-16-10/h1-2,5,7-8,17H,3-4,6,14H2,(H,15,16). The summed E-state index contributed by atoms with van der Waals surface area (Å²) in [5, 5.41) is 0. The zero-order valence-corrected chi connectivity index (χ0v) is 11.5. The van der Waals surface area contributed by atoms with Gasteiger partial charge < -0.3 is 10.7 Å². The highest BCUT2D eigenvalue weighted by molar-refractivity contribution is 7.89. The van der Waals surface area contributed by atoms with Crippen molar-refractivity contribution in [2.75, 3.05) is 6.54 Å². The fourth-order valence-electron chi connectivity index (χ4n) is 1.70. The van der Waals surface area contributed by atoms with Crippen molar-refractivity contribution in [3.05, 3.63) is 47.8 Å². The Bertz CT molecular complexity index is 671. The topological polar surface area (TPSA) is 101 Å². The number of halogens is 1. The van der Waals surface area contributed by atoms with Crippen LogP contribution in [0.3, 0.4) is 0 Å². The monoisotopic (exact) mass is 298 g/mol. The number of rotatable bonds is 6. The van der Waals surface area contributed by atoms with Crippen molar-refractivity contribution in [2.45, 2.75) is 17.9 Å². The molecule has 0 saturated carbocycles. The minimum Gasteiger partial charge on any atom is -0.348 e. The maximum absolute atomic E-state index is 13.6. The van der Waals surface area contributed by atoms with Crippen LogP contribution in [0.1, 0.15) is 11.3 Å². The molecule has 0 amide bonds. The molecule has 108 valence electrons. The Kier molecular flexibility index (Phi) is 4.48. The molecular formula is C12H15FN4O2S. The molecule has 0 aliphatic carbocycles. The Morgan fingerprint density at radius 1 is 1.40 bits per heavy atom. The van der Waals surface area contributed by atoms with Gasteiger partial charge in [-0.25, -0.2) is 22.5 Å². The molecular weight excluding hydrogens is 283 g/mol. The van der Waals surface area contributed by atoms with E-state index in [2.05, 4.69) is 14.7 Å². The van der Waals surface area contributed by atoms with Crippen LogP contribution in [0, 0.1) is 5.82 Å². The first kappa shape index (κ1) is 14.6. The number of hydrogen-bond donors (Lipinski definition) is 3. The number of aromatic nitrogens is 2. The van der Waals surface area contributed by atoms with Gasteiger partial charge in [0.15, 0.2) is 0 Å². The summed E-state index contributed by atoms with van der Waals surface area (Å²) in [5.74, 6) is -0.795. The van der Waals surface area contributed by atoms with Crippen LogP contribution in [0.15, 0.2) is 35.6 Å². The zero-order chi connectivity index (χ0) is 14.6. The molecule has 2 rings (SSSR count). The van der Waals surface area contributed by atoms with Gasteiger partial charge in [-0.3, -0.25) is 0 Å². The molecule has 0 aliphatic heterocycles. The molecule has 0 radical (unpaired) electrons. The summed E-state index contributed by atoms with van der Waals surface area (Å²) in [7, 11) is -3.89. The van der Waals surface area contributed by atoms with Crippen molar-refractivity contribution < 1.29 is 12.8 Å². The highest BCUT2D eigenvalue weighted by Crippen LogP contribution is 2.16. The van der Waals surface area contributed by atoms with E-state index in [0.717, 1.165) is 11.8 Å². The summed E-state index contributed by atoms with van der Waals surface area (Å²) in [6, 6.07) is 3.80. The van der Waals surface area contributed by atoms with E-state index >= 15 is 0 Å². The van der Waals surface area contributed by atoms with Gasteiger partial charge in [-0.1, -0.05) is 6.07 Å². The average molecular weight is 298 g/mol. The van der Waals surface area contributed by atoms with Gasteiger partial charge in [-0.2, -0.15) is 0 Å². The average Bonchev–Trinajstić information content (AvgIpc) is 2.92. The minimum absolute atomic E-state index is 0.150. The third kappa shape index (κ3) is 3.41. The Morgan fingerprint density at radius 3 is 2.85 bits per heavy atom. The molecule has 0 aliphatic rings. The highest BCUT2D eigenvalue weighted by atomic mass is 32.2. The van der Waals surface area contributed by atoms with Gasteiger partial charge in [0.2, 0.25) is 10.0 Å². The van der Waals surface area contributed by atoms with Gasteiger partial charge in [0.05, 0.1) is 6.33 Å². The summed E-state index contributed by atoms with van der Waals surface area (Å²) in [6.45, 7) is 0.299. The van der Waals surface area contributed by atoms with Gasteiger partial charge in [0.1, 0.15) is 10.7 Å².